The van der Waals surface area contributed by atoms with E-state index in [4.69, 9.17) is 23.7 Å². The Labute approximate surface area is 422 Å². The quantitative estimate of drug-likeness (QED) is 0.101. The predicted molar refractivity (Wildman–Crippen MR) is 273 cm³/mol. The van der Waals surface area contributed by atoms with Crippen LogP contribution in [0.4, 0.5) is 0 Å². The molecule has 0 heterocycles. The molecule has 0 amide bonds. The van der Waals surface area contributed by atoms with Gasteiger partial charge in [0.1, 0.15) is 29.7 Å². The van der Waals surface area contributed by atoms with Crippen molar-refractivity contribution in [3.05, 3.63) is 55.5 Å². The Kier molecular flexibility index (Phi) is 40.6. The number of carbonyl (C=O) groups excluding carboxylic acids is 2. The molecule has 0 fully saturated rings. The van der Waals surface area contributed by atoms with Crippen LogP contribution in [0.3, 0.4) is 0 Å². The summed E-state index contributed by atoms with van der Waals surface area (Å²) in [5.41, 5.74) is 4.95. The van der Waals surface area contributed by atoms with Crippen LogP contribution in [0.15, 0.2) is 33.2 Å². The van der Waals surface area contributed by atoms with Gasteiger partial charge < -0.3 is 38.4 Å². The molecule has 2 aliphatic carbocycles. The van der Waals surface area contributed by atoms with Crippen LogP contribution in [-0.4, -0.2) is 67.6 Å². The Morgan fingerprint density at radius 1 is 0.782 bits per heavy atom. The third kappa shape index (κ3) is 27.3. The van der Waals surface area contributed by atoms with Crippen molar-refractivity contribution in [2.75, 3.05) is 38.4 Å². The van der Waals surface area contributed by atoms with Gasteiger partial charge in [0.05, 0.1) is 14.3 Å². The summed E-state index contributed by atoms with van der Waals surface area (Å²) in [6, 6.07) is 7.93. The van der Waals surface area contributed by atoms with E-state index in [-0.39, 0.29) is 42.2 Å². The first-order valence-electron chi connectivity index (χ1n) is 17.3. The maximum atomic E-state index is 11.4. The Hall–Kier alpha value is 3.48. The molecule has 0 aliphatic heterocycles. The van der Waals surface area contributed by atoms with Crippen LogP contribution in [0.5, 0.6) is 11.5 Å². The first kappa shape index (κ1) is 60.6. The van der Waals surface area contributed by atoms with Gasteiger partial charge in [-0.15, -0.1) is 0 Å². The van der Waals surface area contributed by atoms with Gasteiger partial charge in [0.2, 0.25) is 0 Å². The van der Waals surface area contributed by atoms with Gasteiger partial charge >= 0.3 is 114 Å². The molecule has 0 saturated carbocycles. The average molecular weight is 1600 g/mol. The van der Waals surface area contributed by atoms with Gasteiger partial charge in [-0.1, -0.05) is 23.4 Å². The fourth-order valence-electron chi connectivity index (χ4n) is 5.80. The van der Waals surface area contributed by atoms with Crippen molar-refractivity contribution in [2.24, 2.45) is 0 Å². The van der Waals surface area contributed by atoms with Crippen molar-refractivity contribution in [3.63, 3.8) is 0 Å². The van der Waals surface area contributed by atoms with Crippen molar-refractivity contribution in [2.45, 2.75) is 112 Å². The molecule has 1 N–H and O–H groups in total. The number of alkyl halides is 1. The molecule has 2 aromatic rings. The Morgan fingerprint density at radius 3 is 1.55 bits per heavy atom. The summed E-state index contributed by atoms with van der Waals surface area (Å²) in [6.07, 6.45) is 4.84. The van der Waals surface area contributed by atoms with Gasteiger partial charge in [0.25, 0.3) is 0 Å². The van der Waals surface area contributed by atoms with Crippen LogP contribution in [-0.2, 0) is 55.8 Å². The summed E-state index contributed by atoms with van der Waals surface area (Å²) >= 11 is 22.3. The van der Waals surface area contributed by atoms with E-state index in [1.807, 2.05) is 33.8 Å². The normalized spacial score (nSPS) is 14.8. The second kappa shape index (κ2) is 36.9. The summed E-state index contributed by atoms with van der Waals surface area (Å²) in [5, 5.41) is 10.3. The number of ketones is 2. The van der Waals surface area contributed by atoms with Gasteiger partial charge in [-0.05, 0) is 157 Å². The van der Waals surface area contributed by atoms with E-state index >= 15 is 0 Å². The first-order valence-corrected chi connectivity index (χ1v) is 42.5. The van der Waals surface area contributed by atoms with Crippen molar-refractivity contribution >= 4 is 159 Å². The molecule has 2 aromatic carbocycles. The number of aromatic hydroxyl groups is 1. The second-order valence-corrected chi connectivity index (χ2v) is 61.2. The molecule has 2 aliphatic rings. The number of Topliss-reactive ketones (excluding diaryl/α,β-unsaturated/α-hetero) is 2. The van der Waals surface area contributed by atoms with Gasteiger partial charge in [-0.25, -0.2) is 0 Å². The van der Waals surface area contributed by atoms with Crippen LogP contribution in [0.2, 0.25) is 0 Å². The maximum absolute atomic E-state index is 11.4. The van der Waals surface area contributed by atoms with Crippen LogP contribution in [0.1, 0.15) is 109 Å². The van der Waals surface area contributed by atoms with Crippen LogP contribution < -0.4 is 4.74 Å². The number of phenolic OH excluding ortho intramolecular Hbond substituents is 1. The third-order valence-corrected chi connectivity index (χ3v) is 9.57. The van der Waals surface area contributed by atoms with E-state index in [2.05, 4.69) is 160 Å². The van der Waals surface area contributed by atoms with Gasteiger partial charge in [0, 0.05) is 39.3 Å². The zero-order valence-corrected chi connectivity index (χ0v) is 49.7. The Morgan fingerprint density at radius 2 is 1.16 bits per heavy atom. The molecule has 0 radical (unpaired) electrons. The molecule has 4 rings (SSSR count). The number of halogens is 8. The average Bonchev–Trinajstić information content (AvgIpc) is 3.66. The van der Waals surface area contributed by atoms with Crippen molar-refractivity contribution < 1.29 is 52.8 Å². The number of rotatable bonds is 16. The molecule has 2 unspecified atom stereocenters. The number of ether oxygens (including phenoxy) is 5. The SMILES string of the molecule is C.CC(=O)CC1CCc2cc(Br)c(O)cc21.CCOC(CBr)OCC.CCOC(COc1cc2c(cc1Br)CCC2CC(C)=O)OCC.[I][V]([I])[I].[I][V][I]. The van der Waals surface area contributed by atoms with E-state index in [9.17, 15) is 14.7 Å². The Bertz CT molecular complexity index is 1360. The number of phenols is 1. The second-order valence-electron chi connectivity index (χ2n) is 11.7. The van der Waals surface area contributed by atoms with E-state index in [1.165, 1.54) is 16.7 Å². The van der Waals surface area contributed by atoms with Crippen LogP contribution >= 0.6 is 148 Å². The summed E-state index contributed by atoms with van der Waals surface area (Å²) in [5.74, 6) is 2.12. The number of carbonyl (C=O) groups is 2. The molecule has 0 bridgehead atoms. The molecule has 55 heavy (non-hydrogen) atoms. The zero-order chi connectivity index (χ0) is 41.2. The summed E-state index contributed by atoms with van der Waals surface area (Å²) in [4.78, 5) is 22.3. The zero-order valence-electron chi connectivity index (χ0n) is 31.3. The van der Waals surface area contributed by atoms with E-state index in [0.717, 1.165) is 51.3 Å². The van der Waals surface area contributed by atoms with E-state index in [1.54, 1.807) is 19.9 Å². The monoisotopic (exact) mass is 1600 g/mol. The molecular weight excluding hydrogens is 1550 g/mol. The number of hydrogen-bond donors (Lipinski definition) is 1. The minimum atomic E-state index is -0.363. The third-order valence-electron chi connectivity index (χ3n) is 7.79. The molecule has 8 nitrogen and oxygen atoms in total. The van der Waals surface area contributed by atoms with Gasteiger partial charge in [-0.2, -0.15) is 0 Å². The minimum absolute atomic E-state index is 0. The molecular formula is C37H55Br3I5O8V2. The summed E-state index contributed by atoms with van der Waals surface area (Å²) in [7, 11) is 0.628. The van der Waals surface area contributed by atoms with Gasteiger partial charge in [-0.3, -0.25) is 0 Å². The number of hydrogen-bond acceptors (Lipinski definition) is 8. The van der Waals surface area contributed by atoms with Crippen LogP contribution in [0, 0.1) is 0 Å². The van der Waals surface area contributed by atoms with Crippen LogP contribution in [0.25, 0.3) is 0 Å². The van der Waals surface area contributed by atoms with Crippen molar-refractivity contribution in [1.82, 2.24) is 0 Å². The fraction of sp³-hybridized carbons (Fsp3) is 0.622. The molecule has 0 aromatic heterocycles. The molecule has 0 saturated heterocycles. The fourth-order valence-corrected chi connectivity index (χ4v) is 7.07. The predicted octanol–water partition coefficient (Wildman–Crippen LogP) is 14.2. The van der Waals surface area contributed by atoms with Crippen molar-refractivity contribution in [3.8, 4) is 11.5 Å². The summed E-state index contributed by atoms with van der Waals surface area (Å²) in [6.45, 7) is 14.0. The first-order chi connectivity index (χ1) is 25.6. The molecule has 18 heteroatoms. The molecule has 317 valence electrons. The molecule has 2 atom stereocenters. The number of aryl methyl sites for hydroxylation is 2. The topological polar surface area (TPSA) is 101 Å². The van der Waals surface area contributed by atoms with Gasteiger partial charge in [0.15, 0.2) is 12.6 Å². The standard InChI is InChI=1S/C18H25BrO4.C12H13BrO2.C6H13BrO2.CH4.5HI.2V/c1-4-21-18(22-5-2)11-23-17-10-15-13(8-12(3)20)6-7-14(15)9-16(17)19;1-7(14)4-8-2-3-9-5-11(13)12(15)6-10(8)9;1-3-8-6(5-7)9-4-2;;;;;;;;/h9-10,13,18H,4-8,11H2,1-3H3;5-6,8,15H,2-4H2,1H3;6H,3-5H2,1-2H3;1H4;5*1H;;/q;;;;;;;;;+2;+3/p-5. The van der Waals surface area contributed by atoms with E-state index in [0.29, 0.717) is 67.2 Å². The number of fused-ring (bicyclic) bond motifs is 2. The Balaban J connectivity index is 0. The van der Waals surface area contributed by atoms with E-state index < -0.39 is 0 Å². The number of benzene rings is 2. The molecule has 0 spiro atoms. The summed E-state index contributed by atoms with van der Waals surface area (Å²) < 4.78 is 28.9. The van der Waals surface area contributed by atoms with Crippen molar-refractivity contribution in [1.29, 1.82) is 0 Å².